The normalized spacial score (nSPS) is 19.7. The molecular formula is C20H21NO4. The van der Waals surface area contributed by atoms with Gasteiger partial charge in [-0.15, -0.1) is 0 Å². The number of rotatable bonds is 7. The Bertz CT molecular complexity index is 717. The summed E-state index contributed by atoms with van der Waals surface area (Å²) in [4.78, 5) is 24.4. The largest absolute Gasteiger partial charge is 0.459 e. The lowest BCUT2D eigenvalue weighted by Crippen LogP contribution is -2.45. The van der Waals surface area contributed by atoms with Crippen molar-refractivity contribution in [3.8, 4) is 0 Å². The molecule has 0 spiro atoms. The van der Waals surface area contributed by atoms with Gasteiger partial charge in [0.05, 0.1) is 6.61 Å². The molecule has 1 aliphatic carbocycles. The third-order valence-corrected chi connectivity index (χ3v) is 4.36. The van der Waals surface area contributed by atoms with Crippen LogP contribution in [0.3, 0.4) is 0 Å². The number of amides is 1. The summed E-state index contributed by atoms with van der Waals surface area (Å²) in [5.41, 5.74) is 1.97. The number of carbonyl (C=O) groups is 2. The van der Waals surface area contributed by atoms with Gasteiger partial charge in [0, 0.05) is 5.92 Å². The second-order valence-corrected chi connectivity index (χ2v) is 6.20. The zero-order chi connectivity index (χ0) is 17.6. The molecule has 2 N–H and O–H groups in total. The van der Waals surface area contributed by atoms with Crippen molar-refractivity contribution in [3.63, 3.8) is 0 Å². The predicted molar refractivity (Wildman–Crippen MR) is 92.5 cm³/mol. The lowest BCUT2D eigenvalue weighted by Gasteiger charge is -2.15. The maximum Gasteiger partial charge on any atom is 0.331 e. The van der Waals surface area contributed by atoms with E-state index in [4.69, 9.17) is 4.74 Å². The number of esters is 1. The molecule has 5 heteroatoms. The van der Waals surface area contributed by atoms with Crippen LogP contribution in [-0.4, -0.2) is 29.6 Å². The lowest BCUT2D eigenvalue weighted by molar-refractivity contribution is -0.150. The number of hydrogen-bond acceptors (Lipinski definition) is 4. The highest BCUT2D eigenvalue weighted by atomic mass is 16.5. The SMILES string of the molecule is O=C(OCc1ccccc1)C(CO)NC(=O)C1CC1c1ccccc1. The molecule has 1 saturated carbocycles. The van der Waals surface area contributed by atoms with Crippen molar-refractivity contribution in [1.82, 2.24) is 5.32 Å². The molecule has 2 aromatic rings. The molecule has 1 amide bonds. The van der Waals surface area contributed by atoms with Gasteiger partial charge >= 0.3 is 5.97 Å². The van der Waals surface area contributed by atoms with Crippen LogP contribution in [0.2, 0.25) is 0 Å². The Labute approximate surface area is 146 Å². The summed E-state index contributed by atoms with van der Waals surface area (Å²) in [7, 11) is 0. The van der Waals surface area contributed by atoms with Gasteiger partial charge in [-0.1, -0.05) is 60.7 Å². The fraction of sp³-hybridized carbons (Fsp3) is 0.300. The van der Waals surface area contributed by atoms with E-state index in [-0.39, 0.29) is 24.3 Å². The predicted octanol–water partition coefficient (Wildman–Crippen LogP) is 2.01. The Kier molecular flexibility index (Phi) is 5.46. The molecular weight excluding hydrogens is 318 g/mol. The summed E-state index contributed by atoms with van der Waals surface area (Å²) >= 11 is 0. The molecule has 1 aliphatic rings. The fourth-order valence-electron chi connectivity index (χ4n) is 2.84. The minimum Gasteiger partial charge on any atom is -0.459 e. The topological polar surface area (TPSA) is 75.6 Å². The van der Waals surface area contributed by atoms with Crippen LogP contribution in [0, 0.1) is 5.92 Å². The minimum atomic E-state index is -1.03. The van der Waals surface area contributed by atoms with Crippen molar-refractivity contribution >= 4 is 11.9 Å². The van der Waals surface area contributed by atoms with E-state index in [2.05, 4.69) is 5.32 Å². The standard InChI is InChI=1S/C20H21NO4/c22-12-18(20(24)25-13-14-7-3-1-4-8-14)21-19(23)17-11-16(17)15-9-5-2-6-10-15/h1-10,16-18,22H,11-13H2,(H,21,23). The molecule has 3 atom stereocenters. The number of aliphatic hydroxyl groups excluding tert-OH is 1. The van der Waals surface area contributed by atoms with E-state index in [1.807, 2.05) is 60.7 Å². The molecule has 5 nitrogen and oxygen atoms in total. The van der Waals surface area contributed by atoms with E-state index in [0.29, 0.717) is 0 Å². The zero-order valence-electron chi connectivity index (χ0n) is 13.8. The summed E-state index contributed by atoms with van der Waals surface area (Å²) in [6.45, 7) is -0.371. The van der Waals surface area contributed by atoms with E-state index in [9.17, 15) is 14.7 Å². The molecule has 0 saturated heterocycles. The molecule has 0 aromatic heterocycles. The Morgan fingerprint density at radius 3 is 2.36 bits per heavy atom. The van der Waals surface area contributed by atoms with Gasteiger partial charge in [-0.2, -0.15) is 0 Å². The van der Waals surface area contributed by atoms with E-state index in [1.165, 1.54) is 0 Å². The average Bonchev–Trinajstić information content (AvgIpc) is 3.46. The number of benzene rings is 2. The second kappa shape index (κ2) is 7.94. The summed E-state index contributed by atoms with van der Waals surface area (Å²) in [6.07, 6.45) is 0.757. The Hall–Kier alpha value is -2.66. The summed E-state index contributed by atoms with van der Waals surface area (Å²) in [6, 6.07) is 18.0. The maximum absolute atomic E-state index is 12.3. The van der Waals surface area contributed by atoms with Gasteiger partial charge in [0.25, 0.3) is 0 Å². The molecule has 25 heavy (non-hydrogen) atoms. The minimum absolute atomic E-state index is 0.113. The molecule has 3 rings (SSSR count). The average molecular weight is 339 g/mol. The monoisotopic (exact) mass is 339 g/mol. The van der Waals surface area contributed by atoms with Gasteiger partial charge in [0.2, 0.25) is 5.91 Å². The fourth-order valence-corrected chi connectivity index (χ4v) is 2.84. The van der Waals surface area contributed by atoms with Crippen LogP contribution in [0.5, 0.6) is 0 Å². The first-order chi connectivity index (χ1) is 12.2. The molecule has 130 valence electrons. The number of hydrogen-bond donors (Lipinski definition) is 2. The van der Waals surface area contributed by atoms with E-state index >= 15 is 0 Å². The van der Waals surface area contributed by atoms with Crippen LogP contribution >= 0.6 is 0 Å². The van der Waals surface area contributed by atoms with Crippen LogP contribution < -0.4 is 5.32 Å². The first-order valence-electron chi connectivity index (χ1n) is 8.35. The Balaban J connectivity index is 1.50. The van der Waals surface area contributed by atoms with Crippen molar-refractivity contribution in [1.29, 1.82) is 0 Å². The van der Waals surface area contributed by atoms with Crippen molar-refractivity contribution in [2.24, 2.45) is 5.92 Å². The van der Waals surface area contributed by atoms with Crippen LogP contribution in [-0.2, 0) is 20.9 Å². The molecule has 3 unspecified atom stereocenters. The van der Waals surface area contributed by atoms with Crippen molar-refractivity contribution < 1.29 is 19.4 Å². The second-order valence-electron chi connectivity index (χ2n) is 6.20. The lowest BCUT2D eigenvalue weighted by atomic mass is 10.1. The number of carbonyl (C=O) groups excluding carboxylic acids is 2. The van der Waals surface area contributed by atoms with Gasteiger partial charge < -0.3 is 15.2 Å². The van der Waals surface area contributed by atoms with Crippen molar-refractivity contribution in [2.75, 3.05) is 6.61 Å². The van der Waals surface area contributed by atoms with Crippen molar-refractivity contribution in [3.05, 3.63) is 71.8 Å². The van der Waals surface area contributed by atoms with E-state index in [1.54, 1.807) is 0 Å². The highest BCUT2D eigenvalue weighted by Gasteiger charge is 2.44. The van der Waals surface area contributed by atoms with Crippen LogP contribution in [0.25, 0.3) is 0 Å². The maximum atomic E-state index is 12.3. The number of aliphatic hydroxyl groups is 1. The molecule has 0 aliphatic heterocycles. The van der Waals surface area contributed by atoms with Crippen LogP contribution in [0.15, 0.2) is 60.7 Å². The van der Waals surface area contributed by atoms with Crippen molar-refractivity contribution in [2.45, 2.75) is 25.0 Å². The van der Waals surface area contributed by atoms with Gasteiger partial charge in [-0.25, -0.2) is 4.79 Å². The summed E-state index contributed by atoms with van der Waals surface area (Å²) < 4.78 is 5.18. The smallest absolute Gasteiger partial charge is 0.331 e. The van der Waals surface area contributed by atoms with Crippen LogP contribution in [0.1, 0.15) is 23.5 Å². The van der Waals surface area contributed by atoms with E-state index < -0.39 is 18.6 Å². The Morgan fingerprint density at radius 2 is 1.72 bits per heavy atom. The molecule has 0 heterocycles. The first-order valence-corrected chi connectivity index (χ1v) is 8.35. The van der Waals surface area contributed by atoms with E-state index in [0.717, 1.165) is 17.5 Å². The molecule has 1 fully saturated rings. The van der Waals surface area contributed by atoms with Gasteiger partial charge in [0.1, 0.15) is 6.61 Å². The molecule has 2 aromatic carbocycles. The summed E-state index contributed by atoms with van der Waals surface area (Å²) in [5, 5.41) is 12.0. The molecule has 0 radical (unpaired) electrons. The van der Waals surface area contributed by atoms with Crippen LogP contribution in [0.4, 0.5) is 0 Å². The molecule has 0 bridgehead atoms. The first kappa shape index (κ1) is 17.2. The van der Waals surface area contributed by atoms with Gasteiger partial charge in [-0.3, -0.25) is 4.79 Å². The highest BCUT2D eigenvalue weighted by Crippen LogP contribution is 2.47. The Morgan fingerprint density at radius 1 is 1.08 bits per heavy atom. The number of nitrogens with one attached hydrogen (secondary N) is 1. The zero-order valence-corrected chi connectivity index (χ0v) is 13.8. The van der Waals surface area contributed by atoms with Gasteiger partial charge in [0.15, 0.2) is 6.04 Å². The summed E-state index contributed by atoms with van der Waals surface area (Å²) in [5.74, 6) is -0.819. The third-order valence-electron chi connectivity index (χ3n) is 4.36. The number of ether oxygens (including phenoxy) is 1. The highest BCUT2D eigenvalue weighted by molar-refractivity contribution is 5.88. The quantitative estimate of drug-likeness (QED) is 0.757. The third kappa shape index (κ3) is 4.45. The van der Waals surface area contributed by atoms with Gasteiger partial charge in [-0.05, 0) is 23.5 Å².